The van der Waals surface area contributed by atoms with Gasteiger partial charge >= 0.3 is 0 Å². The summed E-state index contributed by atoms with van der Waals surface area (Å²) in [5.41, 5.74) is 1.26. The summed E-state index contributed by atoms with van der Waals surface area (Å²) in [7, 11) is 1.81. The molecule has 0 bridgehead atoms. The van der Waals surface area contributed by atoms with E-state index < -0.39 is 6.17 Å². The number of piperidine rings is 1. The van der Waals surface area contributed by atoms with Crippen LogP contribution in [0.15, 0.2) is 23.8 Å². The Morgan fingerprint density at radius 3 is 2.60 bits per heavy atom. The second-order valence-corrected chi connectivity index (χ2v) is 10.5. The standard InChI is InChI=1S/C25H42ClFN2O/c1-18(2)24(28-13-10-19-4-7-22(27)8-5-19)17-29-14-11-20(12-15-29)21-6-9-23(26)25(16-21)30-3/h4-5,7,18,20-25,28H,6,8-17H2,1-3H3/t21?,22?,23?,24-,25?/m0/s1. The quantitative estimate of drug-likeness (QED) is 0.489. The molecule has 172 valence electrons. The normalized spacial score (nSPS) is 32.4. The third kappa shape index (κ3) is 7.05. The molecular formula is C25H42ClFN2O. The van der Waals surface area contributed by atoms with Crippen molar-refractivity contribution in [1.82, 2.24) is 10.2 Å². The Hall–Kier alpha value is -0.420. The summed E-state index contributed by atoms with van der Waals surface area (Å²) in [6.07, 6.45) is 12.8. The van der Waals surface area contributed by atoms with Gasteiger partial charge in [0.15, 0.2) is 0 Å². The van der Waals surface area contributed by atoms with Crippen LogP contribution in [0.25, 0.3) is 0 Å². The number of nitrogens with one attached hydrogen (secondary N) is 1. The van der Waals surface area contributed by atoms with Crippen LogP contribution < -0.4 is 5.32 Å². The van der Waals surface area contributed by atoms with Crippen molar-refractivity contribution in [2.45, 2.75) is 82.5 Å². The van der Waals surface area contributed by atoms with Gasteiger partial charge in [-0.05, 0) is 75.9 Å². The number of hydrogen-bond acceptors (Lipinski definition) is 3. The lowest BCUT2D eigenvalue weighted by Crippen LogP contribution is -2.48. The van der Waals surface area contributed by atoms with Crippen LogP contribution in [-0.4, -0.2) is 61.9 Å². The van der Waals surface area contributed by atoms with E-state index in [2.05, 4.69) is 24.1 Å². The molecule has 2 aliphatic carbocycles. The van der Waals surface area contributed by atoms with E-state index in [1.165, 1.54) is 37.9 Å². The van der Waals surface area contributed by atoms with Gasteiger partial charge in [-0.1, -0.05) is 37.6 Å². The molecule has 0 aromatic heterocycles. The van der Waals surface area contributed by atoms with Gasteiger partial charge in [0, 0.05) is 26.1 Å². The molecule has 3 nitrogen and oxygen atoms in total. The highest BCUT2D eigenvalue weighted by atomic mass is 35.5. The third-order valence-electron chi connectivity index (χ3n) is 7.56. The Labute approximate surface area is 188 Å². The average molecular weight is 441 g/mol. The number of nitrogens with zero attached hydrogens (tertiary/aromatic N) is 1. The Kier molecular flexibility index (Phi) is 9.68. The summed E-state index contributed by atoms with van der Waals surface area (Å²) >= 11 is 6.43. The molecule has 0 radical (unpaired) electrons. The fourth-order valence-electron chi connectivity index (χ4n) is 5.42. The summed E-state index contributed by atoms with van der Waals surface area (Å²) in [6, 6.07) is 0.508. The van der Waals surface area contributed by atoms with Crippen LogP contribution in [0.3, 0.4) is 0 Å². The van der Waals surface area contributed by atoms with Gasteiger partial charge in [0.25, 0.3) is 0 Å². The second kappa shape index (κ2) is 12.0. The molecule has 1 N–H and O–H groups in total. The molecule has 4 unspecified atom stereocenters. The first-order valence-electron chi connectivity index (χ1n) is 12.1. The molecule has 0 spiro atoms. The molecule has 0 amide bonds. The van der Waals surface area contributed by atoms with Crippen LogP contribution in [0.4, 0.5) is 4.39 Å². The van der Waals surface area contributed by atoms with Crippen molar-refractivity contribution in [2.24, 2.45) is 17.8 Å². The summed E-state index contributed by atoms with van der Waals surface area (Å²) in [4.78, 5) is 2.66. The van der Waals surface area contributed by atoms with Gasteiger partial charge in [0.1, 0.15) is 6.17 Å². The van der Waals surface area contributed by atoms with Crippen LogP contribution in [0.1, 0.15) is 58.8 Å². The predicted molar refractivity (Wildman–Crippen MR) is 125 cm³/mol. The number of alkyl halides is 2. The number of ether oxygens (including phenoxy) is 1. The van der Waals surface area contributed by atoms with E-state index in [4.69, 9.17) is 16.3 Å². The topological polar surface area (TPSA) is 24.5 Å². The zero-order valence-corrected chi connectivity index (χ0v) is 19.9. The highest BCUT2D eigenvalue weighted by Crippen LogP contribution is 2.38. The highest BCUT2D eigenvalue weighted by Gasteiger charge is 2.35. The van der Waals surface area contributed by atoms with E-state index in [9.17, 15) is 4.39 Å². The van der Waals surface area contributed by atoms with Crippen LogP contribution in [0, 0.1) is 17.8 Å². The van der Waals surface area contributed by atoms with Crippen molar-refractivity contribution in [3.63, 3.8) is 0 Å². The molecule has 2 fully saturated rings. The summed E-state index contributed by atoms with van der Waals surface area (Å²) in [6.45, 7) is 9.13. The molecule has 5 heteroatoms. The van der Waals surface area contributed by atoms with Crippen molar-refractivity contribution in [1.29, 1.82) is 0 Å². The molecule has 1 heterocycles. The minimum absolute atomic E-state index is 0.197. The maximum Gasteiger partial charge on any atom is 0.122 e. The zero-order chi connectivity index (χ0) is 21.5. The predicted octanol–water partition coefficient (Wildman–Crippen LogP) is 5.35. The van der Waals surface area contributed by atoms with E-state index in [1.807, 2.05) is 19.3 Å². The Bertz CT molecular complexity index is 573. The monoisotopic (exact) mass is 440 g/mol. The van der Waals surface area contributed by atoms with Crippen molar-refractivity contribution >= 4 is 11.6 Å². The number of rotatable bonds is 9. The maximum absolute atomic E-state index is 13.2. The van der Waals surface area contributed by atoms with Gasteiger partial charge in [-0.25, -0.2) is 4.39 Å². The van der Waals surface area contributed by atoms with Crippen LogP contribution >= 0.6 is 11.6 Å². The summed E-state index contributed by atoms with van der Waals surface area (Å²) in [5.74, 6) is 2.22. The van der Waals surface area contributed by atoms with Crippen molar-refractivity contribution in [2.75, 3.05) is 33.3 Å². The van der Waals surface area contributed by atoms with Gasteiger partial charge in [-0.2, -0.15) is 0 Å². The van der Waals surface area contributed by atoms with Crippen LogP contribution in [-0.2, 0) is 4.74 Å². The van der Waals surface area contributed by atoms with E-state index in [0.717, 1.165) is 44.2 Å². The molecular weight excluding hydrogens is 399 g/mol. The van der Waals surface area contributed by atoms with Gasteiger partial charge in [-0.3, -0.25) is 0 Å². The number of allylic oxidation sites excluding steroid dienone is 3. The zero-order valence-electron chi connectivity index (χ0n) is 19.2. The molecule has 1 saturated heterocycles. The average Bonchev–Trinajstić information content (AvgIpc) is 2.75. The lowest BCUT2D eigenvalue weighted by Gasteiger charge is -2.41. The first-order chi connectivity index (χ1) is 14.5. The molecule has 3 aliphatic rings. The molecule has 5 atom stereocenters. The summed E-state index contributed by atoms with van der Waals surface area (Å²) in [5, 5.41) is 3.97. The molecule has 0 aromatic carbocycles. The fourth-order valence-corrected chi connectivity index (χ4v) is 5.75. The molecule has 30 heavy (non-hydrogen) atoms. The SMILES string of the molecule is COC1CC(C2CCN(C[C@H](NCCC3=CCC(F)C=C3)C(C)C)CC2)CCC1Cl. The number of hydrogen-bond donors (Lipinski definition) is 1. The van der Waals surface area contributed by atoms with E-state index in [-0.39, 0.29) is 11.5 Å². The fraction of sp³-hybridized carbons (Fsp3) is 0.840. The molecule has 1 saturated carbocycles. The largest absolute Gasteiger partial charge is 0.380 e. The van der Waals surface area contributed by atoms with E-state index >= 15 is 0 Å². The van der Waals surface area contributed by atoms with E-state index in [0.29, 0.717) is 18.4 Å². The van der Waals surface area contributed by atoms with Crippen LogP contribution in [0.2, 0.25) is 0 Å². The number of likely N-dealkylation sites (tertiary alicyclic amines) is 1. The van der Waals surface area contributed by atoms with Crippen molar-refractivity contribution < 1.29 is 9.13 Å². The van der Waals surface area contributed by atoms with Crippen LogP contribution in [0.5, 0.6) is 0 Å². The Morgan fingerprint density at radius 1 is 1.20 bits per heavy atom. The smallest absolute Gasteiger partial charge is 0.122 e. The Morgan fingerprint density at radius 2 is 1.97 bits per heavy atom. The first kappa shape index (κ1) is 24.2. The second-order valence-electron chi connectivity index (χ2n) is 9.95. The maximum atomic E-state index is 13.2. The van der Waals surface area contributed by atoms with Gasteiger partial charge < -0.3 is 15.0 Å². The van der Waals surface area contributed by atoms with Gasteiger partial charge in [0.2, 0.25) is 0 Å². The van der Waals surface area contributed by atoms with E-state index in [1.54, 1.807) is 6.08 Å². The minimum Gasteiger partial charge on any atom is -0.380 e. The highest BCUT2D eigenvalue weighted by molar-refractivity contribution is 6.21. The number of methoxy groups -OCH3 is 1. The Balaban J connectivity index is 1.39. The van der Waals surface area contributed by atoms with Gasteiger partial charge in [0.05, 0.1) is 11.5 Å². The molecule has 0 aromatic rings. The summed E-state index contributed by atoms with van der Waals surface area (Å²) < 4.78 is 18.8. The lowest BCUT2D eigenvalue weighted by atomic mass is 9.74. The molecule has 3 rings (SSSR count). The number of halogens is 2. The third-order valence-corrected chi connectivity index (χ3v) is 8.06. The lowest BCUT2D eigenvalue weighted by molar-refractivity contribution is 0.0267. The molecule has 1 aliphatic heterocycles. The van der Waals surface area contributed by atoms with Gasteiger partial charge in [-0.15, -0.1) is 11.6 Å². The minimum atomic E-state index is -0.793. The van der Waals surface area contributed by atoms with Crippen molar-refractivity contribution in [3.8, 4) is 0 Å². The van der Waals surface area contributed by atoms with Crippen molar-refractivity contribution in [3.05, 3.63) is 23.8 Å². The first-order valence-corrected chi connectivity index (χ1v) is 12.5.